The van der Waals surface area contributed by atoms with Crippen LogP contribution < -0.4 is 5.73 Å². The van der Waals surface area contributed by atoms with Crippen LogP contribution in [0.2, 0.25) is 10.0 Å². The zero-order valence-electron chi connectivity index (χ0n) is 10.3. The summed E-state index contributed by atoms with van der Waals surface area (Å²) in [5, 5.41) is 9.57. The largest absolute Gasteiger partial charge is 0.399 e. The van der Waals surface area contributed by atoms with Crippen LogP contribution in [0.4, 0.5) is 5.69 Å². The maximum atomic E-state index is 12.3. The van der Waals surface area contributed by atoms with Crippen LogP contribution >= 0.6 is 23.2 Å². The van der Waals surface area contributed by atoms with Gasteiger partial charge in [-0.3, -0.25) is 4.21 Å². The first-order valence-corrected chi connectivity index (χ1v) is 7.70. The second-order valence-corrected chi connectivity index (χ2v) is 6.33. The molecule has 0 saturated heterocycles. The van der Waals surface area contributed by atoms with E-state index in [9.17, 15) is 4.21 Å². The van der Waals surface area contributed by atoms with Crippen molar-refractivity contribution in [1.82, 2.24) is 0 Å². The van der Waals surface area contributed by atoms with Crippen molar-refractivity contribution in [2.45, 2.75) is 10.6 Å². The Bertz CT molecular complexity index is 726. The van der Waals surface area contributed by atoms with Crippen molar-refractivity contribution in [2.24, 2.45) is 0 Å². The Hall–Kier alpha value is -1.54. The first-order chi connectivity index (χ1) is 9.51. The summed E-state index contributed by atoms with van der Waals surface area (Å²) in [6.45, 7) is 0. The smallest absolute Gasteiger partial charge is 0.0992 e. The van der Waals surface area contributed by atoms with Crippen molar-refractivity contribution in [3.8, 4) is 6.07 Å². The van der Waals surface area contributed by atoms with Crippen molar-refractivity contribution in [1.29, 1.82) is 5.26 Å². The highest BCUT2D eigenvalue weighted by atomic mass is 35.5. The van der Waals surface area contributed by atoms with Crippen LogP contribution in [0.3, 0.4) is 0 Å². The second kappa shape index (κ2) is 6.27. The quantitative estimate of drug-likeness (QED) is 0.874. The SMILES string of the molecule is N#Cc1ccc(CS(=O)c2ccc(N)cc2Cl)c(Cl)c1. The fourth-order valence-electron chi connectivity index (χ4n) is 1.65. The maximum Gasteiger partial charge on any atom is 0.0992 e. The Labute approximate surface area is 129 Å². The van der Waals surface area contributed by atoms with Crippen molar-refractivity contribution in [3.63, 3.8) is 0 Å². The van der Waals surface area contributed by atoms with E-state index in [0.29, 0.717) is 31.8 Å². The summed E-state index contributed by atoms with van der Waals surface area (Å²) >= 11 is 12.1. The van der Waals surface area contributed by atoms with E-state index in [4.69, 9.17) is 34.2 Å². The lowest BCUT2D eigenvalue weighted by Gasteiger charge is -2.07. The number of nitrogens with two attached hydrogens (primary N) is 1. The molecule has 2 aromatic carbocycles. The predicted molar refractivity (Wildman–Crippen MR) is 82.1 cm³/mol. The third-order valence-electron chi connectivity index (χ3n) is 2.67. The highest BCUT2D eigenvalue weighted by Crippen LogP contribution is 2.26. The molecule has 0 amide bonds. The first kappa shape index (κ1) is 14.9. The molecule has 0 aromatic heterocycles. The molecule has 0 aliphatic heterocycles. The molecule has 1 unspecified atom stereocenters. The van der Waals surface area contributed by atoms with Crippen molar-refractivity contribution >= 4 is 39.7 Å². The van der Waals surface area contributed by atoms with Gasteiger partial charge in [-0.2, -0.15) is 5.26 Å². The van der Waals surface area contributed by atoms with Gasteiger partial charge < -0.3 is 5.73 Å². The monoisotopic (exact) mass is 324 g/mol. The minimum absolute atomic E-state index is 0.230. The number of hydrogen-bond acceptors (Lipinski definition) is 3. The number of rotatable bonds is 3. The minimum atomic E-state index is -1.33. The van der Waals surface area contributed by atoms with Gasteiger partial charge in [0.05, 0.1) is 38.1 Å². The van der Waals surface area contributed by atoms with Gasteiger partial charge in [0.1, 0.15) is 0 Å². The van der Waals surface area contributed by atoms with Gasteiger partial charge in [0, 0.05) is 10.7 Å². The number of halogens is 2. The van der Waals surface area contributed by atoms with E-state index in [-0.39, 0.29) is 5.75 Å². The van der Waals surface area contributed by atoms with Gasteiger partial charge in [0.2, 0.25) is 0 Å². The van der Waals surface area contributed by atoms with Crippen LogP contribution in [0.15, 0.2) is 41.3 Å². The lowest BCUT2D eigenvalue weighted by Crippen LogP contribution is -1.99. The molecule has 2 N–H and O–H groups in total. The molecule has 3 nitrogen and oxygen atoms in total. The fourth-order valence-corrected chi connectivity index (χ4v) is 3.61. The zero-order valence-corrected chi connectivity index (χ0v) is 12.6. The molecule has 0 spiro atoms. The number of nitriles is 1. The molecule has 0 saturated carbocycles. The van der Waals surface area contributed by atoms with Gasteiger partial charge in [0.25, 0.3) is 0 Å². The van der Waals surface area contributed by atoms with Crippen LogP contribution in [0.25, 0.3) is 0 Å². The molecule has 2 rings (SSSR count). The molecule has 6 heteroatoms. The average molecular weight is 325 g/mol. The molecule has 1 atom stereocenters. The van der Waals surface area contributed by atoms with Gasteiger partial charge in [0.15, 0.2) is 0 Å². The normalized spacial score (nSPS) is 11.8. The van der Waals surface area contributed by atoms with E-state index in [1.54, 1.807) is 36.4 Å². The summed E-state index contributed by atoms with van der Waals surface area (Å²) in [5.41, 5.74) is 7.29. The third-order valence-corrected chi connectivity index (χ3v) is 4.87. The van der Waals surface area contributed by atoms with Crippen LogP contribution in [0, 0.1) is 11.3 Å². The predicted octanol–water partition coefficient (Wildman–Crippen LogP) is 3.76. The van der Waals surface area contributed by atoms with Crippen LogP contribution in [-0.4, -0.2) is 4.21 Å². The number of benzene rings is 2. The summed E-state index contributed by atoms with van der Waals surface area (Å²) in [7, 11) is -1.33. The molecule has 0 radical (unpaired) electrons. The number of hydrogen-bond donors (Lipinski definition) is 1. The Morgan fingerprint density at radius 2 is 1.90 bits per heavy atom. The van der Waals surface area contributed by atoms with E-state index in [1.165, 1.54) is 0 Å². The number of nitrogen functional groups attached to an aromatic ring is 1. The molecule has 102 valence electrons. The maximum absolute atomic E-state index is 12.3. The molecule has 20 heavy (non-hydrogen) atoms. The Kier molecular flexibility index (Phi) is 4.66. The van der Waals surface area contributed by atoms with E-state index in [1.807, 2.05) is 6.07 Å². The lowest BCUT2D eigenvalue weighted by molar-refractivity contribution is 0.682. The van der Waals surface area contributed by atoms with E-state index >= 15 is 0 Å². The number of anilines is 1. The summed E-state index contributed by atoms with van der Waals surface area (Å²) in [5.74, 6) is 0.230. The fraction of sp³-hybridized carbons (Fsp3) is 0.0714. The molecular formula is C14H10Cl2N2OS. The molecule has 0 heterocycles. The van der Waals surface area contributed by atoms with Crippen molar-refractivity contribution in [3.05, 3.63) is 57.6 Å². The minimum Gasteiger partial charge on any atom is -0.399 e. The third kappa shape index (κ3) is 3.31. The van der Waals surface area contributed by atoms with Gasteiger partial charge in [-0.05, 0) is 35.9 Å². The zero-order chi connectivity index (χ0) is 14.7. The molecule has 0 fully saturated rings. The van der Waals surface area contributed by atoms with E-state index < -0.39 is 10.8 Å². The van der Waals surface area contributed by atoms with Gasteiger partial charge in [-0.15, -0.1) is 0 Å². The first-order valence-electron chi connectivity index (χ1n) is 5.63. The average Bonchev–Trinajstić information content (AvgIpc) is 2.40. The summed E-state index contributed by atoms with van der Waals surface area (Å²) in [6.07, 6.45) is 0. The Morgan fingerprint density at radius 3 is 2.50 bits per heavy atom. The second-order valence-electron chi connectivity index (χ2n) is 4.10. The van der Waals surface area contributed by atoms with Crippen LogP contribution in [0.5, 0.6) is 0 Å². The lowest BCUT2D eigenvalue weighted by atomic mass is 10.2. The number of nitrogens with zero attached hydrogens (tertiary/aromatic N) is 1. The summed E-state index contributed by atoms with van der Waals surface area (Å²) in [6, 6.07) is 11.8. The standard InChI is InChI=1S/C14H10Cl2N2OS/c15-12-5-9(7-17)1-2-10(12)8-20(19)14-4-3-11(18)6-13(14)16/h1-6H,8,18H2. The summed E-state index contributed by atoms with van der Waals surface area (Å²) in [4.78, 5) is 0.515. The Morgan fingerprint density at radius 1 is 1.15 bits per heavy atom. The van der Waals surface area contributed by atoms with Crippen molar-refractivity contribution in [2.75, 3.05) is 5.73 Å². The molecule has 0 aliphatic rings. The molecule has 0 aliphatic carbocycles. The van der Waals surface area contributed by atoms with Crippen LogP contribution in [0.1, 0.15) is 11.1 Å². The van der Waals surface area contributed by atoms with Gasteiger partial charge in [-0.1, -0.05) is 29.3 Å². The van der Waals surface area contributed by atoms with Crippen LogP contribution in [-0.2, 0) is 16.6 Å². The van der Waals surface area contributed by atoms with Gasteiger partial charge >= 0.3 is 0 Å². The van der Waals surface area contributed by atoms with E-state index in [0.717, 1.165) is 0 Å². The Balaban J connectivity index is 2.26. The summed E-state index contributed by atoms with van der Waals surface area (Å²) < 4.78 is 12.3. The van der Waals surface area contributed by atoms with Crippen molar-refractivity contribution < 1.29 is 4.21 Å². The highest BCUT2D eigenvalue weighted by Gasteiger charge is 2.12. The molecule has 0 bridgehead atoms. The molecule has 2 aromatic rings. The van der Waals surface area contributed by atoms with Gasteiger partial charge in [-0.25, -0.2) is 0 Å². The molecular weight excluding hydrogens is 315 g/mol. The topological polar surface area (TPSA) is 66.9 Å². The van der Waals surface area contributed by atoms with E-state index in [2.05, 4.69) is 0 Å². The highest BCUT2D eigenvalue weighted by molar-refractivity contribution is 7.84.